The van der Waals surface area contributed by atoms with Crippen LogP contribution in [0, 0.1) is 5.92 Å². The molecule has 0 atom stereocenters. The molecule has 1 aromatic rings. The fourth-order valence-corrected chi connectivity index (χ4v) is 0.984. The maximum atomic E-state index is 5.30. The van der Waals surface area contributed by atoms with E-state index in [1.54, 1.807) is 0 Å². The number of hydrogen-bond acceptors (Lipinski definition) is 3. The van der Waals surface area contributed by atoms with Crippen LogP contribution in [-0.4, -0.2) is 10.2 Å². The summed E-state index contributed by atoms with van der Waals surface area (Å²) in [6.07, 6.45) is 7.50. The summed E-state index contributed by atoms with van der Waals surface area (Å²) in [6.45, 7) is 2.00. The predicted molar refractivity (Wildman–Crippen MR) is 45.4 cm³/mol. The van der Waals surface area contributed by atoms with Gasteiger partial charge in [0.1, 0.15) is 0 Å². The van der Waals surface area contributed by atoms with Crippen molar-refractivity contribution in [3.8, 4) is 0 Å². The molecule has 0 N–H and O–H groups in total. The van der Waals surface area contributed by atoms with Crippen LogP contribution in [0.5, 0.6) is 0 Å². The van der Waals surface area contributed by atoms with E-state index in [9.17, 15) is 0 Å². The predicted octanol–water partition coefficient (Wildman–Crippen LogP) is 2.06. The zero-order valence-corrected chi connectivity index (χ0v) is 7.16. The van der Waals surface area contributed by atoms with Gasteiger partial charge in [-0.15, -0.1) is 10.2 Å². The summed E-state index contributed by atoms with van der Waals surface area (Å²) in [5.74, 6) is 2.12. The van der Waals surface area contributed by atoms with Crippen molar-refractivity contribution >= 4 is 6.08 Å². The third-order valence-corrected chi connectivity index (χ3v) is 1.92. The summed E-state index contributed by atoms with van der Waals surface area (Å²) in [5, 5.41) is 7.75. The van der Waals surface area contributed by atoms with Crippen LogP contribution in [0.1, 0.15) is 31.5 Å². The average molecular weight is 164 g/mol. The number of aryl methyl sites for hydroxylation is 1. The van der Waals surface area contributed by atoms with Crippen molar-refractivity contribution in [2.75, 3.05) is 0 Å². The Kier molecular flexibility index (Phi) is 1.94. The van der Waals surface area contributed by atoms with E-state index in [0.29, 0.717) is 11.8 Å². The highest BCUT2D eigenvalue weighted by Crippen LogP contribution is 2.30. The Morgan fingerprint density at radius 2 is 2.33 bits per heavy atom. The van der Waals surface area contributed by atoms with Gasteiger partial charge in [0, 0.05) is 6.42 Å². The Balaban J connectivity index is 2.01. The van der Waals surface area contributed by atoms with Crippen molar-refractivity contribution in [1.29, 1.82) is 0 Å². The lowest BCUT2D eigenvalue weighted by molar-refractivity contribution is 0.491. The van der Waals surface area contributed by atoms with Crippen molar-refractivity contribution < 1.29 is 4.42 Å². The zero-order chi connectivity index (χ0) is 8.39. The lowest BCUT2D eigenvalue weighted by atomic mass is 10.4. The highest BCUT2D eigenvalue weighted by Gasteiger charge is 2.17. The van der Waals surface area contributed by atoms with Crippen molar-refractivity contribution in [1.82, 2.24) is 10.2 Å². The van der Waals surface area contributed by atoms with Crippen LogP contribution in [0.25, 0.3) is 6.08 Å². The maximum Gasteiger partial charge on any atom is 0.240 e. The van der Waals surface area contributed by atoms with E-state index in [2.05, 4.69) is 16.3 Å². The SMILES string of the molecule is CCc1nnc(/C=C/C2CC2)o1. The van der Waals surface area contributed by atoms with E-state index >= 15 is 0 Å². The fourth-order valence-electron chi connectivity index (χ4n) is 0.984. The van der Waals surface area contributed by atoms with E-state index in [1.807, 2.05) is 13.0 Å². The van der Waals surface area contributed by atoms with Gasteiger partial charge in [-0.2, -0.15) is 0 Å². The normalized spacial score (nSPS) is 17.4. The molecule has 1 fully saturated rings. The van der Waals surface area contributed by atoms with Crippen molar-refractivity contribution in [3.05, 3.63) is 17.9 Å². The summed E-state index contributed by atoms with van der Waals surface area (Å²) >= 11 is 0. The molecule has 12 heavy (non-hydrogen) atoms. The number of aromatic nitrogens is 2. The second-order valence-corrected chi connectivity index (χ2v) is 3.08. The van der Waals surface area contributed by atoms with Crippen LogP contribution >= 0.6 is 0 Å². The molecule has 1 aliphatic carbocycles. The fraction of sp³-hybridized carbons (Fsp3) is 0.556. The lowest BCUT2D eigenvalue weighted by Crippen LogP contribution is -1.76. The summed E-state index contributed by atoms with van der Waals surface area (Å²) in [4.78, 5) is 0. The minimum Gasteiger partial charge on any atom is -0.421 e. The van der Waals surface area contributed by atoms with E-state index in [0.717, 1.165) is 12.3 Å². The molecule has 0 amide bonds. The van der Waals surface area contributed by atoms with Gasteiger partial charge in [0.25, 0.3) is 0 Å². The highest BCUT2D eigenvalue weighted by molar-refractivity contribution is 5.38. The number of rotatable bonds is 3. The van der Waals surface area contributed by atoms with Gasteiger partial charge < -0.3 is 4.42 Å². The Labute approximate surface area is 71.5 Å². The van der Waals surface area contributed by atoms with Crippen LogP contribution in [0.3, 0.4) is 0 Å². The number of allylic oxidation sites excluding steroid dienone is 1. The van der Waals surface area contributed by atoms with E-state index < -0.39 is 0 Å². The van der Waals surface area contributed by atoms with Crippen molar-refractivity contribution in [2.45, 2.75) is 26.2 Å². The van der Waals surface area contributed by atoms with E-state index in [-0.39, 0.29) is 0 Å². The van der Waals surface area contributed by atoms with Crippen LogP contribution in [0.2, 0.25) is 0 Å². The Morgan fingerprint density at radius 1 is 1.50 bits per heavy atom. The molecule has 0 aliphatic heterocycles. The monoisotopic (exact) mass is 164 g/mol. The smallest absolute Gasteiger partial charge is 0.240 e. The molecule has 64 valence electrons. The molecule has 0 bridgehead atoms. The minimum atomic E-state index is 0.638. The first kappa shape index (κ1) is 7.53. The second-order valence-electron chi connectivity index (χ2n) is 3.08. The average Bonchev–Trinajstić information content (AvgIpc) is 2.81. The minimum absolute atomic E-state index is 0.638. The zero-order valence-electron chi connectivity index (χ0n) is 7.16. The Bertz CT molecular complexity index is 286. The molecule has 1 heterocycles. The first-order valence-electron chi connectivity index (χ1n) is 4.39. The number of hydrogen-bond donors (Lipinski definition) is 0. The quantitative estimate of drug-likeness (QED) is 0.686. The molecule has 1 aromatic heterocycles. The van der Waals surface area contributed by atoms with Gasteiger partial charge >= 0.3 is 0 Å². The van der Waals surface area contributed by atoms with Gasteiger partial charge in [-0.25, -0.2) is 0 Å². The third kappa shape index (κ3) is 1.72. The molecular weight excluding hydrogens is 152 g/mol. The molecule has 0 unspecified atom stereocenters. The first-order chi connectivity index (χ1) is 5.88. The van der Waals surface area contributed by atoms with Crippen LogP contribution in [0.4, 0.5) is 0 Å². The van der Waals surface area contributed by atoms with Crippen molar-refractivity contribution in [2.24, 2.45) is 5.92 Å². The summed E-state index contributed by atoms with van der Waals surface area (Å²) < 4.78 is 5.30. The van der Waals surface area contributed by atoms with Gasteiger partial charge in [0.2, 0.25) is 11.8 Å². The highest BCUT2D eigenvalue weighted by atomic mass is 16.4. The van der Waals surface area contributed by atoms with Gasteiger partial charge in [0.15, 0.2) is 0 Å². The molecule has 1 aliphatic rings. The number of nitrogens with zero attached hydrogens (tertiary/aromatic N) is 2. The van der Waals surface area contributed by atoms with Crippen LogP contribution < -0.4 is 0 Å². The summed E-state index contributed by atoms with van der Waals surface area (Å²) in [6, 6.07) is 0. The molecule has 0 saturated heterocycles. The first-order valence-corrected chi connectivity index (χ1v) is 4.39. The van der Waals surface area contributed by atoms with Crippen LogP contribution in [0.15, 0.2) is 10.5 Å². The van der Waals surface area contributed by atoms with E-state index in [4.69, 9.17) is 4.42 Å². The molecule has 0 spiro atoms. The molecular formula is C9H12N2O. The van der Waals surface area contributed by atoms with Crippen LogP contribution in [-0.2, 0) is 6.42 Å². The molecule has 0 aromatic carbocycles. The summed E-state index contributed by atoms with van der Waals surface area (Å²) in [7, 11) is 0. The third-order valence-electron chi connectivity index (χ3n) is 1.92. The maximum absolute atomic E-state index is 5.30. The molecule has 3 nitrogen and oxygen atoms in total. The second kappa shape index (κ2) is 3.09. The standard InChI is InChI=1S/C9H12N2O/c1-2-8-10-11-9(12-8)6-5-7-3-4-7/h5-7H,2-4H2,1H3/b6-5+. The molecule has 1 saturated carbocycles. The lowest BCUT2D eigenvalue weighted by Gasteiger charge is -1.81. The topological polar surface area (TPSA) is 38.9 Å². The van der Waals surface area contributed by atoms with Gasteiger partial charge in [-0.05, 0) is 24.8 Å². The van der Waals surface area contributed by atoms with Crippen molar-refractivity contribution in [3.63, 3.8) is 0 Å². The summed E-state index contributed by atoms with van der Waals surface area (Å²) in [5.41, 5.74) is 0. The van der Waals surface area contributed by atoms with Gasteiger partial charge in [-0.3, -0.25) is 0 Å². The molecule has 2 rings (SSSR count). The Morgan fingerprint density at radius 3 is 2.92 bits per heavy atom. The van der Waals surface area contributed by atoms with Gasteiger partial charge in [0.05, 0.1) is 0 Å². The molecule has 3 heteroatoms. The van der Waals surface area contributed by atoms with Gasteiger partial charge in [-0.1, -0.05) is 13.0 Å². The largest absolute Gasteiger partial charge is 0.421 e. The van der Waals surface area contributed by atoms with E-state index in [1.165, 1.54) is 12.8 Å². The molecule has 0 radical (unpaired) electrons. The Hall–Kier alpha value is -1.12.